The highest BCUT2D eigenvalue weighted by molar-refractivity contribution is 5.98. The van der Waals surface area contributed by atoms with Crippen LogP contribution >= 0.6 is 0 Å². The minimum absolute atomic E-state index is 0.177. The van der Waals surface area contributed by atoms with Gasteiger partial charge >= 0.3 is 0 Å². The Morgan fingerprint density at radius 2 is 1.68 bits per heavy atom. The number of ether oxygens (including phenoxy) is 1. The van der Waals surface area contributed by atoms with E-state index in [4.69, 9.17) is 4.74 Å². The summed E-state index contributed by atoms with van der Waals surface area (Å²) >= 11 is 0. The molecular formula is C17H22O2. The van der Waals surface area contributed by atoms with Gasteiger partial charge in [-0.05, 0) is 37.2 Å². The Balaban J connectivity index is 1.73. The van der Waals surface area contributed by atoms with Crippen LogP contribution in [0.25, 0.3) is 0 Å². The summed E-state index contributed by atoms with van der Waals surface area (Å²) in [5.41, 5.74) is 2.17. The topological polar surface area (TPSA) is 26.3 Å². The molecular weight excluding hydrogens is 236 g/mol. The number of carbonyl (C=O) groups is 1. The molecule has 0 spiro atoms. The molecule has 2 nitrogen and oxygen atoms in total. The van der Waals surface area contributed by atoms with Crippen LogP contribution in [0.15, 0.2) is 24.3 Å². The van der Waals surface area contributed by atoms with Crippen molar-refractivity contribution in [3.8, 4) is 0 Å². The molecule has 102 valence electrons. The Labute approximate surface area is 115 Å². The van der Waals surface area contributed by atoms with E-state index in [0.717, 1.165) is 31.2 Å². The number of hydrogen-bond donors (Lipinski definition) is 0. The van der Waals surface area contributed by atoms with E-state index in [1.54, 1.807) is 0 Å². The van der Waals surface area contributed by atoms with Gasteiger partial charge in [0.15, 0.2) is 5.78 Å². The normalized spacial score (nSPS) is 29.7. The quantitative estimate of drug-likeness (QED) is 0.767. The zero-order valence-electron chi connectivity index (χ0n) is 11.8. The van der Waals surface area contributed by atoms with Gasteiger partial charge in [0.1, 0.15) is 0 Å². The second-order valence-electron chi connectivity index (χ2n) is 6.27. The molecule has 2 heterocycles. The molecule has 2 unspecified atom stereocenters. The number of Topliss-reactive ketones (excluding diaryl/α,β-unsaturated/α-hetero) is 1. The van der Waals surface area contributed by atoms with Crippen LogP contribution in [-0.2, 0) is 4.74 Å². The summed E-state index contributed by atoms with van der Waals surface area (Å²) in [5.74, 6) is 1.01. The van der Waals surface area contributed by atoms with Gasteiger partial charge in [-0.25, -0.2) is 0 Å². The summed E-state index contributed by atoms with van der Waals surface area (Å²) < 4.78 is 5.81. The molecule has 2 saturated heterocycles. The van der Waals surface area contributed by atoms with Crippen LogP contribution in [0.3, 0.4) is 0 Å². The second kappa shape index (κ2) is 5.09. The Kier molecular flexibility index (Phi) is 3.44. The van der Waals surface area contributed by atoms with Crippen molar-refractivity contribution in [3.05, 3.63) is 35.4 Å². The van der Waals surface area contributed by atoms with Crippen molar-refractivity contribution in [2.45, 2.75) is 57.7 Å². The lowest BCUT2D eigenvalue weighted by atomic mass is 9.87. The van der Waals surface area contributed by atoms with E-state index in [1.165, 1.54) is 5.56 Å². The van der Waals surface area contributed by atoms with Crippen LogP contribution < -0.4 is 0 Å². The van der Waals surface area contributed by atoms with Crippen molar-refractivity contribution in [1.29, 1.82) is 0 Å². The van der Waals surface area contributed by atoms with Crippen molar-refractivity contribution >= 4 is 5.78 Å². The van der Waals surface area contributed by atoms with Crippen molar-refractivity contribution in [3.63, 3.8) is 0 Å². The van der Waals surface area contributed by atoms with Gasteiger partial charge in [0.25, 0.3) is 0 Å². The molecule has 0 aromatic heterocycles. The van der Waals surface area contributed by atoms with Gasteiger partial charge in [-0.3, -0.25) is 4.79 Å². The SMILES string of the molecule is CC(C)c1ccc(C(=O)C2CC3CCC(C2)O3)cc1. The third-order valence-corrected chi connectivity index (χ3v) is 4.52. The molecule has 2 bridgehead atoms. The molecule has 0 saturated carbocycles. The maximum atomic E-state index is 12.5. The lowest BCUT2D eigenvalue weighted by molar-refractivity contribution is -0.0149. The van der Waals surface area contributed by atoms with Gasteiger partial charge in [0, 0.05) is 11.5 Å². The van der Waals surface area contributed by atoms with Gasteiger partial charge in [0.2, 0.25) is 0 Å². The van der Waals surface area contributed by atoms with Crippen LogP contribution in [0, 0.1) is 5.92 Å². The molecule has 2 aliphatic heterocycles. The maximum absolute atomic E-state index is 12.5. The predicted octanol–water partition coefficient (Wildman–Crippen LogP) is 3.95. The fraction of sp³-hybridized carbons (Fsp3) is 0.588. The zero-order chi connectivity index (χ0) is 13.4. The van der Waals surface area contributed by atoms with Crippen LogP contribution in [0.4, 0.5) is 0 Å². The average molecular weight is 258 g/mol. The molecule has 3 rings (SSSR count). The Morgan fingerprint density at radius 3 is 2.21 bits per heavy atom. The molecule has 1 aromatic carbocycles. The van der Waals surface area contributed by atoms with Gasteiger partial charge < -0.3 is 4.74 Å². The highest BCUT2D eigenvalue weighted by Crippen LogP contribution is 2.37. The summed E-state index contributed by atoms with van der Waals surface area (Å²) in [6.07, 6.45) is 4.79. The monoisotopic (exact) mass is 258 g/mol. The first-order valence-electron chi connectivity index (χ1n) is 7.43. The first kappa shape index (κ1) is 12.9. The number of fused-ring (bicyclic) bond motifs is 2. The minimum Gasteiger partial charge on any atom is -0.375 e. The largest absolute Gasteiger partial charge is 0.375 e. The van der Waals surface area contributed by atoms with E-state index in [-0.39, 0.29) is 5.92 Å². The van der Waals surface area contributed by atoms with E-state index >= 15 is 0 Å². The van der Waals surface area contributed by atoms with Gasteiger partial charge in [0.05, 0.1) is 12.2 Å². The third-order valence-electron chi connectivity index (χ3n) is 4.52. The molecule has 19 heavy (non-hydrogen) atoms. The summed E-state index contributed by atoms with van der Waals surface area (Å²) in [4.78, 5) is 12.5. The van der Waals surface area contributed by atoms with E-state index in [0.29, 0.717) is 23.9 Å². The molecule has 0 radical (unpaired) electrons. The first-order valence-corrected chi connectivity index (χ1v) is 7.43. The molecule has 2 heteroatoms. The van der Waals surface area contributed by atoms with E-state index in [1.807, 2.05) is 12.1 Å². The molecule has 0 aliphatic carbocycles. The van der Waals surface area contributed by atoms with Crippen LogP contribution in [0.2, 0.25) is 0 Å². The highest BCUT2D eigenvalue weighted by atomic mass is 16.5. The van der Waals surface area contributed by atoms with E-state index in [9.17, 15) is 4.79 Å². The number of hydrogen-bond acceptors (Lipinski definition) is 2. The molecule has 1 aromatic rings. The Morgan fingerprint density at radius 1 is 1.11 bits per heavy atom. The van der Waals surface area contributed by atoms with Crippen LogP contribution in [0.5, 0.6) is 0 Å². The number of carbonyl (C=O) groups excluding carboxylic acids is 1. The highest BCUT2D eigenvalue weighted by Gasteiger charge is 2.38. The van der Waals surface area contributed by atoms with Gasteiger partial charge in [-0.2, -0.15) is 0 Å². The molecule has 2 atom stereocenters. The Hall–Kier alpha value is -1.15. The van der Waals surface area contributed by atoms with Crippen molar-refractivity contribution < 1.29 is 9.53 Å². The summed E-state index contributed by atoms with van der Waals surface area (Å²) in [6, 6.07) is 8.17. The summed E-state index contributed by atoms with van der Waals surface area (Å²) in [5, 5.41) is 0. The Bertz CT molecular complexity index is 449. The lowest BCUT2D eigenvalue weighted by Crippen LogP contribution is -2.30. The molecule has 0 amide bonds. The van der Waals surface area contributed by atoms with E-state index in [2.05, 4.69) is 26.0 Å². The summed E-state index contributed by atoms with van der Waals surface area (Å²) in [7, 11) is 0. The third kappa shape index (κ3) is 2.59. The smallest absolute Gasteiger partial charge is 0.166 e. The summed E-state index contributed by atoms with van der Waals surface area (Å²) in [6.45, 7) is 4.35. The number of ketones is 1. The molecule has 0 N–H and O–H groups in total. The molecule has 2 aliphatic rings. The lowest BCUT2D eigenvalue weighted by Gasteiger charge is -2.27. The van der Waals surface area contributed by atoms with Crippen LogP contribution in [-0.4, -0.2) is 18.0 Å². The first-order chi connectivity index (χ1) is 9.13. The van der Waals surface area contributed by atoms with Gasteiger partial charge in [-0.1, -0.05) is 38.1 Å². The predicted molar refractivity (Wildman–Crippen MR) is 75.5 cm³/mol. The fourth-order valence-corrected chi connectivity index (χ4v) is 3.34. The maximum Gasteiger partial charge on any atom is 0.166 e. The fourth-order valence-electron chi connectivity index (χ4n) is 3.34. The second-order valence-corrected chi connectivity index (χ2v) is 6.27. The van der Waals surface area contributed by atoms with Crippen molar-refractivity contribution in [2.24, 2.45) is 5.92 Å². The van der Waals surface area contributed by atoms with Crippen molar-refractivity contribution in [1.82, 2.24) is 0 Å². The minimum atomic E-state index is 0.177. The number of benzene rings is 1. The van der Waals surface area contributed by atoms with Crippen molar-refractivity contribution in [2.75, 3.05) is 0 Å². The van der Waals surface area contributed by atoms with Gasteiger partial charge in [-0.15, -0.1) is 0 Å². The number of rotatable bonds is 3. The zero-order valence-corrected chi connectivity index (χ0v) is 11.8. The van der Waals surface area contributed by atoms with E-state index < -0.39 is 0 Å². The average Bonchev–Trinajstić information content (AvgIpc) is 2.76. The standard InChI is InChI=1S/C17H22O2/c1-11(2)12-3-5-13(6-4-12)17(18)14-9-15-7-8-16(10-14)19-15/h3-6,11,14-16H,7-10H2,1-2H3. The van der Waals surface area contributed by atoms with Crippen LogP contribution in [0.1, 0.15) is 61.4 Å². The molecule has 2 fully saturated rings.